The molecule has 0 saturated heterocycles. The van der Waals surface area contributed by atoms with Gasteiger partial charge in [-0.25, -0.2) is 0 Å². The number of rotatable bonds is 40. The second kappa shape index (κ2) is 39.6. The van der Waals surface area contributed by atoms with Crippen molar-refractivity contribution in [3.8, 4) is 0 Å². The van der Waals surface area contributed by atoms with Crippen LogP contribution in [0.2, 0.25) is 0 Å². The fourth-order valence-corrected chi connectivity index (χ4v) is 6.42. The molecule has 0 bridgehead atoms. The third kappa shape index (κ3) is 35.0. The molecule has 0 spiro atoms. The van der Waals surface area contributed by atoms with Gasteiger partial charge in [-0.2, -0.15) is 0 Å². The lowest BCUT2D eigenvalue weighted by Crippen LogP contribution is -2.30. The van der Waals surface area contributed by atoms with E-state index >= 15 is 0 Å². The molecule has 292 valence electrons. The van der Waals surface area contributed by atoms with Crippen LogP contribution in [0.5, 0.6) is 0 Å². The van der Waals surface area contributed by atoms with Crippen LogP contribution in [0.3, 0.4) is 0 Å². The zero-order chi connectivity index (χ0) is 35.9. The molecular formula is C42H83NO6. The Kier molecular flexibility index (Phi) is 38.6. The largest absolute Gasteiger partial charge is 0.466 e. The molecule has 0 aliphatic carbocycles. The van der Waals surface area contributed by atoms with E-state index < -0.39 is 0 Å². The average Bonchev–Trinajstić information content (AvgIpc) is 3.10. The molecular weight excluding hydrogens is 614 g/mol. The van der Waals surface area contributed by atoms with Crippen molar-refractivity contribution < 1.29 is 28.9 Å². The van der Waals surface area contributed by atoms with Gasteiger partial charge < -0.3 is 24.2 Å². The van der Waals surface area contributed by atoms with Crippen LogP contribution in [0.15, 0.2) is 0 Å². The molecule has 0 aromatic rings. The number of aliphatic hydroxyl groups is 1. The van der Waals surface area contributed by atoms with Crippen LogP contribution in [0.1, 0.15) is 201 Å². The van der Waals surface area contributed by atoms with E-state index in [9.17, 15) is 9.59 Å². The quantitative estimate of drug-likeness (QED) is 0.0504. The van der Waals surface area contributed by atoms with Crippen LogP contribution in [0, 0.1) is 5.92 Å². The van der Waals surface area contributed by atoms with Crippen molar-refractivity contribution in [2.75, 3.05) is 52.7 Å². The molecule has 0 saturated carbocycles. The number of nitrogens with zero attached hydrogens (tertiary/aromatic N) is 1. The molecule has 0 aromatic carbocycles. The Morgan fingerprint density at radius 1 is 0.490 bits per heavy atom. The molecule has 0 rings (SSSR count). The van der Waals surface area contributed by atoms with Crippen molar-refractivity contribution in [1.29, 1.82) is 0 Å². The van der Waals surface area contributed by atoms with Gasteiger partial charge >= 0.3 is 11.9 Å². The fourth-order valence-electron chi connectivity index (χ4n) is 6.42. The highest BCUT2D eigenvalue weighted by Crippen LogP contribution is 2.21. The van der Waals surface area contributed by atoms with E-state index in [0.717, 1.165) is 110 Å². The summed E-state index contributed by atoms with van der Waals surface area (Å²) in [7, 11) is 0. The predicted molar refractivity (Wildman–Crippen MR) is 206 cm³/mol. The van der Waals surface area contributed by atoms with Gasteiger partial charge in [0.2, 0.25) is 0 Å². The van der Waals surface area contributed by atoms with Crippen molar-refractivity contribution in [2.45, 2.75) is 201 Å². The molecule has 1 N–H and O–H groups in total. The summed E-state index contributed by atoms with van der Waals surface area (Å²) in [6.07, 6.45) is 32.0. The van der Waals surface area contributed by atoms with E-state index in [-0.39, 0.29) is 24.5 Å². The Bertz CT molecular complexity index is 690. The smallest absolute Gasteiger partial charge is 0.308 e. The number of esters is 2. The first kappa shape index (κ1) is 47.8. The van der Waals surface area contributed by atoms with Crippen LogP contribution in [0.25, 0.3) is 0 Å². The Morgan fingerprint density at radius 3 is 1.49 bits per heavy atom. The monoisotopic (exact) mass is 698 g/mol. The number of ether oxygens (including phenoxy) is 3. The number of aliphatic hydroxyl groups excluding tert-OH is 1. The number of carbonyl (C=O) groups excluding carboxylic acids is 2. The maximum absolute atomic E-state index is 12.9. The molecule has 0 amide bonds. The highest BCUT2D eigenvalue weighted by Gasteiger charge is 2.19. The van der Waals surface area contributed by atoms with Gasteiger partial charge in [0, 0.05) is 13.0 Å². The lowest BCUT2D eigenvalue weighted by atomic mass is 9.94. The summed E-state index contributed by atoms with van der Waals surface area (Å²) < 4.78 is 16.8. The van der Waals surface area contributed by atoms with Crippen molar-refractivity contribution in [3.05, 3.63) is 0 Å². The second-order valence-corrected chi connectivity index (χ2v) is 14.4. The summed E-state index contributed by atoms with van der Waals surface area (Å²) >= 11 is 0. The number of hydrogen-bond acceptors (Lipinski definition) is 7. The molecule has 7 nitrogen and oxygen atoms in total. The Hall–Kier alpha value is -1.18. The first-order chi connectivity index (χ1) is 24.1. The first-order valence-electron chi connectivity index (χ1n) is 21.3. The molecule has 49 heavy (non-hydrogen) atoms. The fraction of sp³-hybridized carbons (Fsp3) is 0.952. The topological polar surface area (TPSA) is 85.3 Å². The van der Waals surface area contributed by atoms with E-state index in [1.165, 1.54) is 83.5 Å². The summed E-state index contributed by atoms with van der Waals surface area (Å²) in [5.74, 6) is 0.0893. The number of unbranched alkanes of at least 4 members (excludes halogenated alkanes) is 20. The van der Waals surface area contributed by atoms with Crippen molar-refractivity contribution in [1.82, 2.24) is 4.90 Å². The van der Waals surface area contributed by atoms with Gasteiger partial charge in [-0.05, 0) is 58.0 Å². The zero-order valence-electron chi connectivity index (χ0n) is 33.0. The molecule has 0 aliphatic rings. The number of carbonyl (C=O) groups is 2. The first-order valence-corrected chi connectivity index (χ1v) is 21.3. The maximum Gasteiger partial charge on any atom is 0.308 e. The molecule has 7 heteroatoms. The molecule has 0 aliphatic heterocycles. The van der Waals surface area contributed by atoms with Gasteiger partial charge in [-0.15, -0.1) is 0 Å². The van der Waals surface area contributed by atoms with Crippen LogP contribution >= 0.6 is 0 Å². The Labute approximate surface area is 304 Å². The zero-order valence-corrected chi connectivity index (χ0v) is 33.0. The normalized spacial score (nSPS) is 12.1. The highest BCUT2D eigenvalue weighted by atomic mass is 16.5. The standard InChI is InChI=1S/C42H83NO6/c1-4-7-10-13-15-17-24-31-41(45)48-36-27-20-18-25-32-43(34-38-47-39-35-44)33-26-19-21-28-37-49-42(46)40(29-22-12-9-6-3)30-23-16-14-11-8-5-2/h40,44H,4-39H2,1-3H3. The number of hydrogen-bond donors (Lipinski definition) is 1. The third-order valence-electron chi connectivity index (χ3n) is 9.66. The van der Waals surface area contributed by atoms with Crippen molar-refractivity contribution in [2.24, 2.45) is 5.92 Å². The van der Waals surface area contributed by atoms with Crippen LogP contribution in [-0.4, -0.2) is 74.6 Å². The van der Waals surface area contributed by atoms with E-state index in [1.807, 2.05) is 0 Å². The Morgan fingerprint density at radius 2 is 0.939 bits per heavy atom. The minimum atomic E-state index is -0.0359. The molecule has 0 heterocycles. The maximum atomic E-state index is 12.9. The van der Waals surface area contributed by atoms with Crippen molar-refractivity contribution in [3.63, 3.8) is 0 Å². The molecule has 1 atom stereocenters. The van der Waals surface area contributed by atoms with E-state index in [1.54, 1.807) is 0 Å². The van der Waals surface area contributed by atoms with E-state index in [4.69, 9.17) is 19.3 Å². The molecule has 0 radical (unpaired) electrons. The molecule has 0 fully saturated rings. The van der Waals surface area contributed by atoms with E-state index in [0.29, 0.717) is 32.8 Å². The van der Waals surface area contributed by atoms with Crippen LogP contribution in [0.4, 0.5) is 0 Å². The van der Waals surface area contributed by atoms with Gasteiger partial charge in [0.25, 0.3) is 0 Å². The lowest BCUT2D eigenvalue weighted by Gasteiger charge is -2.22. The summed E-state index contributed by atoms with van der Waals surface area (Å²) in [4.78, 5) is 27.4. The summed E-state index contributed by atoms with van der Waals surface area (Å²) in [5.41, 5.74) is 0. The van der Waals surface area contributed by atoms with Crippen LogP contribution in [-0.2, 0) is 23.8 Å². The third-order valence-corrected chi connectivity index (χ3v) is 9.66. The SMILES string of the molecule is CCCCCCCCCC(=O)OCCCCCCN(CCCCCCOC(=O)C(CCCCCC)CCCCCCCC)CCOCCO. The van der Waals surface area contributed by atoms with E-state index in [2.05, 4.69) is 25.7 Å². The van der Waals surface area contributed by atoms with Crippen LogP contribution < -0.4 is 0 Å². The van der Waals surface area contributed by atoms with Gasteiger partial charge in [0.05, 0.1) is 39.0 Å². The highest BCUT2D eigenvalue weighted by molar-refractivity contribution is 5.72. The summed E-state index contributed by atoms with van der Waals surface area (Å²) in [6, 6.07) is 0. The molecule has 1 unspecified atom stereocenters. The van der Waals surface area contributed by atoms with Gasteiger partial charge in [-0.1, -0.05) is 149 Å². The summed E-state index contributed by atoms with van der Waals surface area (Å²) in [5, 5.41) is 9.04. The minimum Gasteiger partial charge on any atom is -0.466 e. The molecule has 0 aromatic heterocycles. The average molecular weight is 698 g/mol. The summed E-state index contributed by atoms with van der Waals surface area (Å²) in [6.45, 7) is 11.9. The lowest BCUT2D eigenvalue weighted by molar-refractivity contribution is -0.149. The minimum absolute atomic E-state index is 0.0359. The van der Waals surface area contributed by atoms with Gasteiger partial charge in [0.15, 0.2) is 0 Å². The van der Waals surface area contributed by atoms with Gasteiger partial charge in [-0.3, -0.25) is 9.59 Å². The second-order valence-electron chi connectivity index (χ2n) is 14.4. The Balaban J connectivity index is 4.15. The predicted octanol–water partition coefficient (Wildman–Crippen LogP) is 11.0. The van der Waals surface area contributed by atoms with Crippen molar-refractivity contribution >= 4 is 11.9 Å². The van der Waals surface area contributed by atoms with Gasteiger partial charge in [0.1, 0.15) is 0 Å².